The zero-order chi connectivity index (χ0) is 28.6. The Balaban J connectivity index is 1.25. The summed E-state index contributed by atoms with van der Waals surface area (Å²) < 4.78 is 25.7. The number of carbonyl (C=O) groups excluding carboxylic acids is 1. The molecule has 1 N–H and O–H groups in total. The molecule has 2 atom stereocenters. The molecule has 0 spiro atoms. The third-order valence-electron chi connectivity index (χ3n) is 7.52. The maximum atomic E-state index is 13.7. The quantitative estimate of drug-likeness (QED) is 0.317. The number of halogens is 2. The number of nitrogens with one attached hydrogen (secondary N) is 1. The van der Waals surface area contributed by atoms with Crippen molar-refractivity contribution in [3.05, 3.63) is 97.7 Å². The Morgan fingerprint density at radius 3 is 2.95 bits per heavy atom. The average molecular weight is 660 g/mol. The number of aromatic nitrogens is 2. The summed E-state index contributed by atoms with van der Waals surface area (Å²) in [6.07, 6.45) is 3.05. The molecular formula is C33H29FIN4O2-. The summed E-state index contributed by atoms with van der Waals surface area (Å²) in [6.45, 7) is 4.87. The second-order valence-electron chi connectivity index (χ2n) is 10.7. The van der Waals surface area contributed by atoms with Crippen LogP contribution in [-0.2, 0) is 23.3 Å². The van der Waals surface area contributed by atoms with Crippen molar-refractivity contribution in [1.29, 1.82) is 5.26 Å². The number of pyridine rings is 1. The van der Waals surface area contributed by atoms with E-state index in [-0.39, 0.29) is 27.1 Å². The second-order valence-corrected chi connectivity index (χ2v) is 12.7. The van der Waals surface area contributed by atoms with Crippen LogP contribution in [0.3, 0.4) is 0 Å². The number of amides is 1. The van der Waals surface area contributed by atoms with E-state index in [0.717, 1.165) is 49.4 Å². The molecule has 0 bridgehead atoms. The molecule has 8 heteroatoms. The molecule has 208 valence electrons. The minimum absolute atomic E-state index is 0.180. The van der Waals surface area contributed by atoms with E-state index < -0.39 is 11.6 Å². The van der Waals surface area contributed by atoms with E-state index in [1.807, 2.05) is 60.2 Å². The molecule has 6 rings (SSSR count). The van der Waals surface area contributed by atoms with Gasteiger partial charge in [-0.25, -0.2) is 0 Å². The van der Waals surface area contributed by atoms with Crippen LogP contribution in [0.25, 0.3) is 32.3 Å². The molecule has 1 amide bonds. The van der Waals surface area contributed by atoms with Crippen molar-refractivity contribution in [2.24, 2.45) is 0 Å². The van der Waals surface area contributed by atoms with Crippen LogP contribution < -0.4 is 37.1 Å². The first kappa shape index (κ1) is 27.4. The van der Waals surface area contributed by atoms with Crippen molar-refractivity contribution in [1.82, 2.24) is 14.9 Å². The zero-order valence-electron chi connectivity index (χ0n) is 22.8. The number of alkyl halides is 1. The van der Waals surface area contributed by atoms with Crippen LogP contribution >= 0.6 is 0 Å². The van der Waals surface area contributed by atoms with Crippen LogP contribution in [0.1, 0.15) is 35.3 Å². The van der Waals surface area contributed by atoms with E-state index in [1.165, 1.54) is 0 Å². The van der Waals surface area contributed by atoms with E-state index in [4.69, 9.17) is 9.72 Å². The number of carbonyl (C=O) groups is 1. The molecule has 2 aromatic carbocycles. The van der Waals surface area contributed by atoms with E-state index in [9.17, 15) is 14.4 Å². The second kappa shape index (κ2) is 11.2. The van der Waals surface area contributed by atoms with Crippen LogP contribution in [0.2, 0.25) is 0 Å². The van der Waals surface area contributed by atoms with Gasteiger partial charge in [0.15, 0.2) is 0 Å². The molecule has 2 aliphatic rings. The molecule has 0 saturated carbocycles. The van der Waals surface area contributed by atoms with E-state index >= 15 is 0 Å². The fourth-order valence-electron chi connectivity index (χ4n) is 5.37. The summed E-state index contributed by atoms with van der Waals surface area (Å²) in [5, 5.41) is 15.8. The van der Waals surface area contributed by atoms with Crippen LogP contribution in [0, 0.1) is 11.3 Å². The Morgan fingerprint density at radius 1 is 1.24 bits per heavy atom. The fraction of sp³-hybridized carbons (Fsp3) is 0.242. The van der Waals surface area contributed by atoms with Crippen molar-refractivity contribution in [2.75, 3.05) is 13.2 Å². The molecule has 4 heterocycles. The first-order valence-corrected chi connectivity index (χ1v) is 16.0. The topological polar surface area (TPSA) is 79.9 Å². The van der Waals surface area contributed by atoms with Gasteiger partial charge in [-0.3, -0.25) is 0 Å². The standard InChI is InChI=1S/C33H29FIN4O2/c1-21(34)17-39-11-10-27-26(4-3-5-31(27)39)29-9-8-24-15-35-14-22(12-30(24)38-29)16-37-32(40)23-6-7-25-18-41-20-33(2,19-36)28(25)13-23/h3-15,21H,16-18,20H2,1-2H3,(H,37,40)/q-1/t21?,33-/m1/s1. The van der Waals surface area contributed by atoms with E-state index in [0.29, 0.717) is 31.9 Å². The Hall–Kier alpha value is -3.81. The summed E-state index contributed by atoms with van der Waals surface area (Å²) in [5.41, 5.74) is 5.42. The fourth-order valence-corrected chi connectivity index (χ4v) is 7.33. The van der Waals surface area contributed by atoms with Gasteiger partial charge in [-0.2, -0.15) is 0 Å². The third kappa shape index (κ3) is 5.44. The number of hydrogen-bond donors (Lipinski definition) is 1. The van der Waals surface area contributed by atoms with Gasteiger partial charge in [0.25, 0.3) is 0 Å². The Labute approximate surface area is 248 Å². The molecule has 6 nitrogen and oxygen atoms in total. The van der Waals surface area contributed by atoms with Crippen LogP contribution in [0.5, 0.6) is 0 Å². The Bertz CT molecular complexity index is 1870. The third-order valence-corrected chi connectivity index (χ3v) is 9.71. The first-order chi connectivity index (χ1) is 19.8. The van der Waals surface area contributed by atoms with Crippen molar-refractivity contribution < 1.29 is 35.1 Å². The molecule has 4 aromatic rings. The van der Waals surface area contributed by atoms with Crippen molar-refractivity contribution in [3.63, 3.8) is 0 Å². The summed E-state index contributed by atoms with van der Waals surface area (Å²) >= 11 is -0.350. The average Bonchev–Trinajstić information content (AvgIpc) is 3.26. The van der Waals surface area contributed by atoms with Gasteiger partial charge in [0.2, 0.25) is 0 Å². The molecular weight excluding hydrogens is 630 g/mol. The summed E-state index contributed by atoms with van der Waals surface area (Å²) in [6, 6.07) is 20.1. The molecule has 41 heavy (non-hydrogen) atoms. The van der Waals surface area contributed by atoms with Gasteiger partial charge >= 0.3 is 249 Å². The first-order valence-electron chi connectivity index (χ1n) is 13.5. The minimum atomic E-state index is -0.932. The number of nitriles is 1. The number of nitrogens with zero attached hydrogens (tertiary/aromatic N) is 3. The zero-order valence-corrected chi connectivity index (χ0v) is 25.0. The molecule has 2 aromatic heterocycles. The van der Waals surface area contributed by atoms with Gasteiger partial charge in [-0.1, -0.05) is 0 Å². The molecule has 0 saturated heterocycles. The van der Waals surface area contributed by atoms with Gasteiger partial charge in [-0.15, -0.1) is 0 Å². The maximum absolute atomic E-state index is 13.7. The number of benzene rings is 2. The van der Waals surface area contributed by atoms with Crippen molar-refractivity contribution >= 4 is 27.0 Å². The van der Waals surface area contributed by atoms with Crippen LogP contribution in [-0.4, -0.2) is 34.8 Å². The Morgan fingerprint density at radius 2 is 2.12 bits per heavy atom. The Kier molecular flexibility index (Phi) is 7.49. The van der Waals surface area contributed by atoms with Gasteiger partial charge in [0.05, 0.1) is 0 Å². The number of hydrogen-bond acceptors (Lipinski definition) is 4. The van der Waals surface area contributed by atoms with Crippen LogP contribution in [0.4, 0.5) is 4.39 Å². The van der Waals surface area contributed by atoms with Gasteiger partial charge in [0.1, 0.15) is 0 Å². The number of fused-ring (bicyclic) bond motifs is 3. The number of ether oxygens (including phenoxy) is 1. The SMILES string of the molecule is CC(F)Cn1ccc2c(-c3ccc4c(n3)=CC(CNC(=O)c3ccc5c(c3)[C@](C)(C#N)COC5)=C[I-]C=4)cccc21. The van der Waals surface area contributed by atoms with E-state index in [1.54, 1.807) is 13.0 Å². The van der Waals surface area contributed by atoms with E-state index in [2.05, 4.69) is 31.7 Å². The molecule has 0 radical (unpaired) electrons. The number of rotatable bonds is 6. The normalized spacial score (nSPS) is 18.7. The monoisotopic (exact) mass is 659 g/mol. The summed E-state index contributed by atoms with van der Waals surface area (Å²) in [7, 11) is 0. The molecule has 0 fully saturated rings. The van der Waals surface area contributed by atoms with Gasteiger partial charge < -0.3 is 0 Å². The predicted octanol–water partition coefficient (Wildman–Crippen LogP) is 1.31. The molecule has 1 unspecified atom stereocenters. The van der Waals surface area contributed by atoms with Crippen molar-refractivity contribution in [3.8, 4) is 17.3 Å². The predicted molar refractivity (Wildman–Crippen MR) is 153 cm³/mol. The summed E-state index contributed by atoms with van der Waals surface area (Å²) in [5.74, 6) is -0.180. The van der Waals surface area contributed by atoms with Crippen LogP contribution in [0.15, 0.2) is 70.5 Å². The summed E-state index contributed by atoms with van der Waals surface area (Å²) in [4.78, 5) is 18.2. The van der Waals surface area contributed by atoms with Crippen molar-refractivity contribution in [2.45, 2.75) is 38.6 Å². The molecule has 0 aliphatic carbocycles. The van der Waals surface area contributed by atoms with Gasteiger partial charge in [-0.05, 0) is 0 Å². The van der Waals surface area contributed by atoms with Gasteiger partial charge in [0, 0.05) is 0 Å². The molecule has 2 aliphatic heterocycles.